The number of benzene rings is 1. The van der Waals surface area contributed by atoms with Crippen LogP contribution < -0.4 is 15.5 Å². The van der Waals surface area contributed by atoms with E-state index in [1.54, 1.807) is 25.5 Å². The van der Waals surface area contributed by atoms with Crippen LogP contribution in [0.25, 0.3) is 11.3 Å². The van der Waals surface area contributed by atoms with E-state index < -0.39 is 0 Å². The second-order valence-corrected chi connectivity index (χ2v) is 7.66. The molecule has 1 fully saturated rings. The molecule has 2 N–H and O–H groups in total. The zero-order valence-corrected chi connectivity index (χ0v) is 18.7. The molecule has 0 saturated carbocycles. The SMILES string of the molecule is CNC(=O)c1ccc(-c2ccc(CNC(=O)c3cnc(N4CCOCC4)nc3)cc2)nc1C. The van der Waals surface area contributed by atoms with Crippen LogP contribution in [0.15, 0.2) is 48.8 Å². The monoisotopic (exact) mass is 446 g/mol. The molecular formula is C24H26N6O3. The van der Waals surface area contributed by atoms with Crippen molar-refractivity contribution in [3.8, 4) is 11.3 Å². The van der Waals surface area contributed by atoms with E-state index in [1.165, 1.54) is 0 Å². The lowest BCUT2D eigenvalue weighted by Gasteiger charge is -2.26. The van der Waals surface area contributed by atoms with Crippen molar-refractivity contribution < 1.29 is 14.3 Å². The van der Waals surface area contributed by atoms with Crippen molar-refractivity contribution in [1.29, 1.82) is 0 Å². The fraction of sp³-hybridized carbons (Fsp3) is 0.292. The molecule has 0 spiro atoms. The third-order valence-corrected chi connectivity index (χ3v) is 5.45. The highest BCUT2D eigenvalue weighted by Crippen LogP contribution is 2.20. The summed E-state index contributed by atoms with van der Waals surface area (Å²) in [6.45, 7) is 4.99. The Labute approximate surface area is 192 Å². The van der Waals surface area contributed by atoms with Gasteiger partial charge in [-0.15, -0.1) is 0 Å². The van der Waals surface area contributed by atoms with Crippen molar-refractivity contribution in [2.45, 2.75) is 13.5 Å². The van der Waals surface area contributed by atoms with Gasteiger partial charge in [0.15, 0.2) is 0 Å². The van der Waals surface area contributed by atoms with Crippen LogP contribution in [0.4, 0.5) is 5.95 Å². The van der Waals surface area contributed by atoms with Crippen molar-refractivity contribution in [3.63, 3.8) is 0 Å². The van der Waals surface area contributed by atoms with Gasteiger partial charge in [-0.05, 0) is 24.6 Å². The summed E-state index contributed by atoms with van der Waals surface area (Å²) >= 11 is 0. The predicted molar refractivity (Wildman–Crippen MR) is 124 cm³/mol. The maximum atomic E-state index is 12.5. The molecule has 0 radical (unpaired) electrons. The molecule has 0 unspecified atom stereocenters. The zero-order chi connectivity index (χ0) is 23.2. The molecule has 0 aliphatic carbocycles. The van der Waals surface area contributed by atoms with Crippen LogP contribution in [0.3, 0.4) is 0 Å². The standard InChI is InChI=1S/C24H26N6O3/c1-16-20(23(32)25-2)7-8-21(29-16)18-5-3-17(4-6-18)13-26-22(31)19-14-27-24(28-15-19)30-9-11-33-12-10-30/h3-8,14-15H,9-13H2,1-2H3,(H,25,32)(H,26,31). The first-order valence-electron chi connectivity index (χ1n) is 10.8. The van der Waals surface area contributed by atoms with Gasteiger partial charge in [-0.2, -0.15) is 0 Å². The maximum Gasteiger partial charge on any atom is 0.254 e. The molecule has 1 saturated heterocycles. The molecule has 3 aromatic rings. The Hall–Kier alpha value is -3.85. The first-order valence-corrected chi connectivity index (χ1v) is 10.8. The van der Waals surface area contributed by atoms with E-state index in [0.29, 0.717) is 42.5 Å². The Balaban J connectivity index is 1.35. The number of rotatable bonds is 6. The predicted octanol–water partition coefficient (Wildman–Crippen LogP) is 1.97. The molecule has 4 rings (SSSR count). The van der Waals surface area contributed by atoms with E-state index >= 15 is 0 Å². The van der Waals surface area contributed by atoms with E-state index in [4.69, 9.17) is 4.74 Å². The molecule has 1 aromatic carbocycles. The van der Waals surface area contributed by atoms with Gasteiger partial charge in [0.1, 0.15) is 0 Å². The average Bonchev–Trinajstić information content (AvgIpc) is 2.87. The maximum absolute atomic E-state index is 12.5. The third kappa shape index (κ3) is 5.32. The van der Waals surface area contributed by atoms with Gasteiger partial charge < -0.3 is 20.3 Å². The van der Waals surface area contributed by atoms with E-state index in [0.717, 1.165) is 29.9 Å². The number of carbonyl (C=O) groups excluding carboxylic acids is 2. The number of hydrogen-bond acceptors (Lipinski definition) is 7. The van der Waals surface area contributed by atoms with Crippen LogP contribution in [-0.2, 0) is 11.3 Å². The van der Waals surface area contributed by atoms with E-state index in [9.17, 15) is 9.59 Å². The lowest BCUT2D eigenvalue weighted by molar-refractivity contribution is 0.0946. The first-order chi connectivity index (χ1) is 16.0. The molecular weight excluding hydrogens is 420 g/mol. The topological polar surface area (TPSA) is 109 Å². The minimum Gasteiger partial charge on any atom is -0.378 e. The van der Waals surface area contributed by atoms with Crippen molar-refractivity contribution in [1.82, 2.24) is 25.6 Å². The Kier molecular flexibility index (Phi) is 6.89. The molecule has 2 aromatic heterocycles. The van der Waals surface area contributed by atoms with E-state index in [1.807, 2.05) is 42.2 Å². The molecule has 0 atom stereocenters. The molecule has 170 valence electrons. The molecule has 9 heteroatoms. The summed E-state index contributed by atoms with van der Waals surface area (Å²) < 4.78 is 5.33. The molecule has 0 bridgehead atoms. The number of ether oxygens (including phenoxy) is 1. The first kappa shape index (κ1) is 22.3. The van der Waals surface area contributed by atoms with Crippen molar-refractivity contribution >= 4 is 17.8 Å². The number of morpholine rings is 1. The van der Waals surface area contributed by atoms with Crippen LogP contribution >= 0.6 is 0 Å². The summed E-state index contributed by atoms with van der Waals surface area (Å²) in [6.07, 6.45) is 3.10. The summed E-state index contributed by atoms with van der Waals surface area (Å²) in [7, 11) is 1.60. The Morgan fingerprint density at radius 2 is 1.70 bits per heavy atom. The summed E-state index contributed by atoms with van der Waals surface area (Å²) in [5.41, 5.74) is 4.32. The van der Waals surface area contributed by atoms with Gasteiger partial charge in [0.05, 0.1) is 35.7 Å². The number of aryl methyl sites for hydroxylation is 1. The third-order valence-electron chi connectivity index (χ3n) is 5.45. The number of pyridine rings is 1. The minimum absolute atomic E-state index is 0.154. The normalized spacial score (nSPS) is 13.5. The van der Waals surface area contributed by atoms with Crippen molar-refractivity contribution in [3.05, 3.63) is 71.2 Å². The lowest BCUT2D eigenvalue weighted by Crippen LogP contribution is -2.37. The van der Waals surface area contributed by atoms with Crippen molar-refractivity contribution in [2.75, 3.05) is 38.3 Å². The number of hydrogen-bond donors (Lipinski definition) is 2. The van der Waals surface area contributed by atoms with Crippen LogP contribution in [0.1, 0.15) is 32.0 Å². The summed E-state index contributed by atoms with van der Waals surface area (Å²) in [5, 5.41) is 5.51. The highest BCUT2D eigenvalue weighted by Gasteiger charge is 2.15. The second kappa shape index (κ2) is 10.2. The fourth-order valence-electron chi connectivity index (χ4n) is 3.54. The zero-order valence-electron chi connectivity index (χ0n) is 18.7. The Morgan fingerprint density at radius 3 is 2.33 bits per heavy atom. The molecule has 33 heavy (non-hydrogen) atoms. The van der Waals surface area contributed by atoms with Gasteiger partial charge in [-0.3, -0.25) is 14.6 Å². The highest BCUT2D eigenvalue weighted by molar-refractivity contribution is 5.95. The number of aromatic nitrogens is 3. The average molecular weight is 447 g/mol. The number of nitrogens with zero attached hydrogens (tertiary/aromatic N) is 4. The van der Waals surface area contributed by atoms with Gasteiger partial charge in [-0.1, -0.05) is 24.3 Å². The van der Waals surface area contributed by atoms with Crippen LogP contribution in [0, 0.1) is 6.92 Å². The van der Waals surface area contributed by atoms with Gasteiger partial charge in [0.2, 0.25) is 5.95 Å². The van der Waals surface area contributed by atoms with Gasteiger partial charge >= 0.3 is 0 Å². The van der Waals surface area contributed by atoms with Crippen molar-refractivity contribution in [2.24, 2.45) is 0 Å². The lowest BCUT2D eigenvalue weighted by atomic mass is 10.1. The fourth-order valence-corrected chi connectivity index (χ4v) is 3.54. The summed E-state index contributed by atoms with van der Waals surface area (Å²) in [5.74, 6) is 0.228. The molecule has 1 aliphatic rings. The highest BCUT2D eigenvalue weighted by atomic mass is 16.5. The van der Waals surface area contributed by atoms with Gasteiger partial charge in [-0.25, -0.2) is 9.97 Å². The van der Waals surface area contributed by atoms with Crippen LogP contribution in [-0.4, -0.2) is 60.1 Å². The molecule has 1 aliphatic heterocycles. The van der Waals surface area contributed by atoms with Crippen LogP contribution in [0.2, 0.25) is 0 Å². The minimum atomic E-state index is -0.227. The quantitative estimate of drug-likeness (QED) is 0.596. The Bertz CT molecular complexity index is 1130. The summed E-state index contributed by atoms with van der Waals surface area (Å²) in [6, 6.07) is 11.4. The van der Waals surface area contributed by atoms with Crippen LogP contribution in [0.5, 0.6) is 0 Å². The Morgan fingerprint density at radius 1 is 1.00 bits per heavy atom. The summed E-state index contributed by atoms with van der Waals surface area (Å²) in [4.78, 5) is 39.5. The molecule has 2 amide bonds. The second-order valence-electron chi connectivity index (χ2n) is 7.66. The van der Waals surface area contributed by atoms with E-state index in [-0.39, 0.29) is 11.8 Å². The number of anilines is 1. The van der Waals surface area contributed by atoms with Gasteiger partial charge in [0.25, 0.3) is 11.8 Å². The number of amides is 2. The smallest absolute Gasteiger partial charge is 0.254 e. The van der Waals surface area contributed by atoms with E-state index in [2.05, 4.69) is 25.6 Å². The molecule has 3 heterocycles. The largest absolute Gasteiger partial charge is 0.378 e. The molecule has 9 nitrogen and oxygen atoms in total. The number of nitrogens with one attached hydrogen (secondary N) is 2. The van der Waals surface area contributed by atoms with Gasteiger partial charge in [0, 0.05) is 44.6 Å². The number of carbonyl (C=O) groups is 2.